The quantitative estimate of drug-likeness (QED) is 0.856. The Kier molecular flexibility index (Phi) is 4.49. The molecule has 0 aliphatic carbocycles. The molecule has 1 unspecified atom stereocenters. The summed E-state index contributed by atoms with van der Waals surface area (Å²) >= 11 is 0. The second-order valence-electron chi connectivity index (χ2n) is 4.85. The average molecular weight is 276 g/mol. The molecule has 0 aromatic carbocycles. The van der Waals surface area contributed by atoms with Crippen molar-refractivity contribution >= 4 is 5.91 Å². The molecule has 0 aliphatic rings. The second kappa shape index (κ2) is 6.31. The lowest BCUT2D eigenvalue weighted by atomic mass is 10.3. The Morgan fingerprint density at radius 3 is 2.90 bits per heavy atom. The van der Waals surface area contributed by atoms with Crippen molar-refractivity contribution in [3.63, 3.8) is 0 Å². The highest BCUT2D eigenvalue weighted by molar-refractivity contribution is 5.76. The molecular formula is C13H20N6O. The van der Waals surface area contributed by atoms with Crippen LogP contribution >= 0.6 is 0 Å². The third-order valence-corrected chi connectivity index (χ3v) is 2.91. The first-order valence-electron chi connectivity index (χ1n) is 6.76. The van der Waals surface area contributed by atoms with E-state index in [1.165, 1.54) is 6.33 Å². The minimum Gasteiger partial charge on any atom is -0.345 e. The van der Waals surface area contributed by atoms with Crippen molar-refractivity contribution in [1.29, 1.82) is 0 Å². The van der Waals surface area contributed by atoms with Gasteiger partial charge < -0.3 is 5.32 Å². The molecule has 1 N–H and O–H groups in total. The number of nitrogens with zero attached hydrogens (tertiary/aromatic N) is 5. The van der Waals surface area contributed by atoms with E-state index in [0.29, 0.717) is 0 Å². The van der Waals surface area contributed by atoms with E-state index < -0.39 is 0 Å². The van der Waals surface area contributed by atoms with Gasteiger partial charge in [-0.15, -0.1) is 0 Å². The minimum absolute atomic E-state index is 0.0911. The van der Waals surface area contributed by atoms with Gasteiger partial charge in [-0.05, 0) is 25.8 Å². The molecule has 0 aliphatic heterocycles. The lowest BCUT2D eigenvalue weighted by molar-refractivity contribution is -0.122. The average Bonchev–Trinajstić information content (AvgIpc) is 2.99. The van der Waals surface area contributed by atoms with Crippen molar-refractivity contribution in [3.8, 4) is 0 Å². The topological polar surface area (TPSA) is 77.6 Å². The number of nitrogens with one attached hydrogen (secondary N) is 1. The third-order valence-electron chi connectivity index (χ3n) is 2.91. The first-order valence-corrected chi connectivity index (χ1v) is 6.76. The standard InChI is InChI=1S/C13H20N6O/c1-4-5-19-13(14-9-16-19)11(3)17-12(20)8-18-7-10(2)6-15-18/h6-7,9,11H,4-5,8H2,1-3H3,(H,17,20). The maximum Gasteiger partial charge on any atom is 0.242 e. The second-order valence-corrected chi connectivity index (χ2v) is 4.85. The van der Waals surface area contributed by atoms with Crippen molar-refractivity contribution < 1.29 is 4.79 Å². The van der Waals surface area contributed by atoms with E-state index in [2.05, 4.69) is 27.4 Å². The molecule has 0 saturated carbocycles. The maximum atomic E-state index is 12.0. The molecule has 108 valence electrons. The molecule has 1 amide bonds. The molecule has 7 heteroatoms. The lowest BCUT2D eigenvalue weighted by Crippen LogP contribution is -2.32. The number of hydrogen-bond acceptors (Lipinski definition) is 4. The summed E-state index contributed by atoms with van der Waals surface area (Å²) < 4.78 is 3.44. The SMILES string of the molecule is CCCn1ncnc1C(C)NC(=O)Cn1cc(C)cn1. The normalized spacial score (nSPS) is 12.3. The van der Waals surface area contributed by atoms with Crippen LogP contribution in [0.4, 0.5) is 0 Å². The Morgan fingerprint density at radius 1 is 1.45 bits per heavy atom. The lowest BCUT2D eigenvalue weighted by Gasteiger charge is -2.14. The number of carbonyl (C=O) groups is 1. The van der Waals surface area contributed by atoms with E-state index in [1.54, 1.807) is 10.9 Å². The monoisotopic (exact) mass is 276 g/mol. The van der Waals surface area contributed by atoms with Crippen molar-refractivity contribution in [2.75, 3.05) is 0 Å². The van der Waals surface area contributed by atoms with Gasteiger partial charge in [0.15, 0.2) is 0 Å². The zero-order valence-corrected chi connectivity index (χ0v) is 12.1. The van der Waals surface area contributed by atoms with Gasteiger partial charge in [0, 0.05) is 12.7 Å². The molecule has 0 fully saturated rings. The predicted molar refractivity (Wildman–Crippen MR) is 73.8 cm³/mol. The van der Waals surface area contributed by atoms with Gasteiger partial charge in [-0.25, -0.2) is 9.67 Å². The fourth-order valence-corrected chi connectivity index (χ4v) is 2.04. The van der Waals surface area contributed by atoms with Crippen LogP contribution in [-0.2, 0) is 17.9 Å². The zero-order valence-electron chi connectivity index (χ0n) is 12.1. The van der Waals surface area contributed by atoms with E-state index in [0.717, 1.165) is 24.4 Å². The van der Waals surface area contributed by atoms with Crippen molar-refractivity contribution in [3.05, 3.63) is 30.1 Å². The van der Waals surface area contributed by atoms with Crippen LogP contribution in [0.1, 0.15) is 37.7 Å². The Hall–Kier alpha value is -2.18. The van der Waals surface area contributed by atoms with Crippen LogP contribution in [0.15, 0.2) is 18.7 Å². The summed E-state index contributed by atoms with van der Waals surface area (Å²) in [5, 5.41) is 11.2. The van der Waals surface area contributed by atoms with Gasteiger partial charge in [-0.3, -0.25) is 9.48 Å². The molecule has 2 heterocycles. The highest BCUT2D eigenvalue weighted by Gasteiger charge is 2.15. The molecule has 7 nitrogen and oxygen atoms in total. The molecule has 0 saturated heterocycles. The molecule has 0 bridgehead atoms. The van der Waals surface area contributed by atoms with Crippen LogP contribution in [0.5, 0.6) is 0 Å². The fraction of sp³-hybridized carbons (Fsp3) is 0.538. The number of hydrogen-bond donors (Lipinski definition) is 1. The van der Waals surface area contributed by atoms with Crippen LogP contribution in [0.3, 0.4) is 0 Å². The van der Waals surface area contributed by atoms with E-state index >= 15 is 0 Å². The smallest absolute Gasteiger partial charge is 0.242 e. The van der Waals surface area contributed by atoms with Gasteiger partial charge in [0.2, 0.25) is 5.91 Å². The highest BCUT2D eigenvalue weighted by Crippen LogP contribution is 2.09. The van der Waals surface area contributed by atoms with Crippen LogP contribution in [0, 0.1) is 6.92 Å². The number of rotatable bonds is 6. The highest BCUT2D eigenvalue weighted by atomic mass is 16.2. The summed E-state index contributed by atoms with van der Waals surface area (Å²) in [5.74, 6) is 0.684. The number of amides is 1. The molecule has 20 heavy (non-hydrogen) atoms. The van der Waals surface area contributed by atoms with Gasteiger partial charge in [0.1, 0.15) is 18.7 Å². The first-order chi connectivity index (χ1) is 9.60. The molecule has 2 aromatic rings. The Morgan fingerprint density at radius 2 is 2.25 bits per heavy atom. The number of aryl methyl sites for hydroxylation is 2. The molecule has 0 radical (unpaired) electrons. The first kappa shape index (κ1) is 14.2. The molecule has 1 atom stereocenters. The van der Waals surface area contributed by atoms with E-state index in [-0.39, 0.29) is 18.5 Å². The van der Waals surface area contributed by atoms with Crippen molar-refractivity contribution in [2.45, 2.75) is 46.3 Å². The fourth-order valence-electron chi connectivity index (χ4n) is 2.04. The Labute approximate surface area is 118 Å². The van der Waals surface area contributed by atoms with Gasteiger partial charge in [-0.2, -0.15) is 10.2 Å². The van der Waals surface area contributed by atoms with Crippen molar-refractivity contribution in [1.82, 2.24) is 29.9 Å². The van der Waals surface area contributed by atoms with E-state index in [9.17, 15) is 4.79 Å². The Balaban J connectivity index is 1.94. The maximum absolute atomic E-state index is 12.0. The minimum atomic E-state index is -0.173. The van der Waals surface area contributed by atoms with E-state index in [1.807, 2.05) is 24.7 Å². The summed E-state index contributed by atoms with van der Waals surface area (Å²) in [5.41, 5.74) is 1.04. The van der Waals surface area contributed by atoms with Crippen LogP contribution in [0.25, 0.3) is 0 Å². The van der Waals surface area contributed by atoms with Crippen molar-refractivity contribution in [2.24, 2.45) is 0 Å². The molecule has 0 spiro atoms. The predicted octanol–water partition coefficient (Wildman–Crippen LogP) is 1.07. The third kappa shape index (κ3) is 3.43. The number of aromatic nitrogens is 5. The molecular weight excluding hydrogens is 256 g/mol. The zero-order chi connectivity index (χ0) is 14.5. The number of carbonyl (C=O) groups excluding carboxylic acids is 1. The van der Waals surface area contributed by atoms with Crippen LogP contribution in [0.2, 0.25) is 0 Å². The summed E-state index contributed by atoms with van der Waals surface area (Å²) in [6.07, 6.45) is 6.06. The summed E-state index contributed by atoms with van der Waals surface area (Å²) in [4.78, 5) is 16.2. The largest absolute Gasteiger partial charge is 0.345 e. The van der Waals surface area contributed by atoms with Crippen LogP contribution in [-0.4, -0.2) is 30.5 Å². The summed E-state index contributed by atoms with van der Waals surface area (Å²) in [6.45, 7) is 6.93. The van der Waals surface area contributed by atoms with Crippen LogP contribution < -0.4 is 5.32 Å². The van der Waals surface area contributed by atoms with Gasteiger partial charge in [0.25, 0.3) is 0 Å². The van der Waals surface area contributed by atoms with Gasteiger partial charge in [-0.1, -0.05) is 6.92 Å². The van der Waals surface area contributed by atoms with E-state index in [4.69, 9.17) is 0 Å². The summed E-state index contributed by atoms with van der Waals surface area (Å²) in [6, 6.07) is -0.173. The molecule has 2 rings (SSSR count). The van der Waals surface area contributed by atoms with Gasteiger partial charge >= 0.3 is 0 Å². The summed E-state index contributed by atoms with van der Waals surface area (Å²) in [7, 11) is 0. The Bertz CT molecular complexity index is 573. The van der Waals surface area contributed by atoms with Gasteiger partial charge in [0.05, 0.1) is 12.2 Å². The molecule has 2 aromatic heterocycles.